The Labute approximate surface area is 235 Å². The van der Waals surface area contributed by atoms with Crippen molar-refractivity contribution in [2.24, 2.45) is 38.9 Å². The van der Waals surface area contributed by atoms with Crippen molar-refractivity contribution in [2.45, 2.75) is 64.4 Å². The van der Waals surface area contributed by atoms with E-state index < -0.39 is 39.3 Å². The Morgan fingerprint density at radius 3 is 2.67 bits per heavy atom. The number of nitriles is 1. The van der Waals surface area contributed by atoms with Gasteiger partial charge < -0.3 is 15.5 Å². The highest BCUT2D eigenvalue weighted by atomic mass is 32.2. The van der Waals surface area contributed by atoms with Gasteiger partial charge in [-0.2, -0.15) is 13.7 Å². The average molecular weight is 569 g/mol. The number of piperidine rings is 1. The first kappa shape index (κ1) is 29.4. The van der Waals surface area contributed by atoms with Crippen molar-refractivity contribution in [3.05, 3.63) is 30.6 Å². The zero-order valence-electron chi connectivity index (χ0n) is 23.4. The second-order valence-corrected chi connectivity index (χ2v) is 14.1. The number of fused-ring (bicyclic) bond motifs is 1. The lowest BCUT2D eigenvalue weighted by Gasteiger charge is -2.36. The largest absolute Gasteiger partial charge is 0.356 e. The number of hydrogen-bond donors (Lipinski definition) is 2. The molecule has 0 bridgehead atoms. The molecule has 2 unspecified atom stereocenters. The zero-order valence-corrected chi connectivity index (χ0v) is 24.2. The second-order valence-electron chi connectivity index (χ2n) is 12.5. The van der Waals surface area contributed by atoms with Crippen LogP contribution < -0.4 is 10.6 Å². The number of carbonyl (C=O) groups excluding carboxylic acids is 3. The van der Waals surface area contributed by atoms with Crippen LogP contribution in [0.5, 0.6) is 0 Å². The lowest BCUT2D eigenvalue weighted by Crippen LogP contribution is -2.54. The van der Waals surface area contributed by atoms with Gasteiger partial charge in [0.25, 0.3) is 10.0 Å². The maximum Gasteiger partial charge on any atom is 0.291 e. The van der Waals surface area contributed by atoms with Crippen molar-refractivity contribution in [2.75, 3.05) is 13.1 Å². The van der Waals surface area contributed by atoms with Crippen LogP contribution in [-0.2, 0) is 24.4 Å². The van der Waals surface area contributed by atoms with Gasteiger partial charge in [0, 0.05) is 31.4 Å². The van der Waals surface area contributed by atoms with Crippen LogP contribution in [0.3, 0.4) is 0 Å². The van der Waals surface area contributed by atoms with Crippen LogP contribution in [0.15, 0.2) is 39.9 Å². The molecule has 40 heavy (non-hydrogen) atoms. The minimum Gasteiger partial charge on any atom is -0.356 e. The molecule has 0 aromatic carbocycles. The van der Waals surface area contributed by atoms with Gasteiger partial charge in [0.15, 0.2) is 0 Å². The highest BCUT2D eigenvalue weighted by molar-refractivity contribution is 7.90. The van der Waals surface area contributed by atoms with Gasteiger partial charge in [-0.05, 0) is 59.6 Å². The molecule has 3 heterocycles. The number of pyridine rings is 1. The first-order chi connectivity index (χ1) is 18.7. The van der Waals surface area contributed by atoms with Crippen LogP contribution >= 0.6 is 0 Å². The number of rotatable bonds is 8. The Morgan fingerprint density at radius 1 is 1.38 bits per heavy atom. The van der Waals surface area contributed by atoms with E-state index in [1.807, 2.05) is 20.8 Å². The molecule has 214 valence electrons. The number of sulfonamides is 1. The van der Waals surface area contributed by atoms with E-state index in [1.165, 1.54) is 30.6 Å². The quantitative estimate of drug-likeness (QED) is 0.451. The van der Waals surface area contributed by atoms with Crippen molar-refractivity contribution < 1.29 is 22.8 Å². The minimum absolute atomic E-state index is 0.0743. The first-order valence-corrected chi connectivity index (χ1v) is 14.9. The van der Waals surface area contributed by atoms with Gasteiger partial charge in [-0.25, -0.2) is 0 Å². The summed E-state index contributed by atoms with van der Waals surface area (Å²) in [6.07, 6.45) is 4.79. The monoisotopic (exact) mass is 568 g/mol. The third-order valence-electron chi connectivity index (χ3n) is 8.46. The number of hydrogen-bond acceptors (Lipinski definition) is 7. The standard InChI is InChI=1S/C28H36N6O5S/c1-27(2,3)20(9-12-32-40(38,39)19-7-6-10-30-15-19)26(37)34-16-21-22(28(21,4)5)23(34)25(36)33-18(14-29)13-17-8-11-31-24(17)35/h6-7,9-10,15,17-18,20-23H,8,11,13,16H2,1-5H3,(H,31,35)(H,33,36)/t17-,18-,20?,21-,22?,23-/m0/s1. The van der Waals surface area contributed by atoms with Crippen molar-refractivity contribution in [3.63, 3.8) is 0 Å². The van der Waals surface area contributed by atoms with Gasteiger partial charge in [0.1, 0.15) is 17.0 Å². The Hall–Kier alpha value is -3.55. The van der Waals surface area contributed by atoms with E-state index in [4.69, 9.17) is 0 Å². The van der Waals surface area contributed by atoms with E-state index in [2.05, 4.69) is 45.8 Å². The molecule has 2 aliphatic heterocycles. The van der Waals surface area contributed by atoms with Crippen LogP contribution in [0.4, 0.5) is 0 Å². The third-order valence-corrected chi connectivity index (χ3v) is 9.64. The number of amides is 3. The van der Waals surface area contributed by atoms with Gasteiger partial charge in [-0.3, -0.25) is 19.4 Å². The molecule has 3 amide bonds. The smallest absolute Gasteiger partial charge is 0.291 e. The molecular formula is C28H36N6O5S. The van der Waals surface area contributed by atoms with Gasteiger partial charge in [-0.15, -0.1) is 4.40 Å². The number of aromatic nitrogens is 1. The van der Waals surface area contributed by atoms with E-state index in [-0.39, 0.29) is 46.3 Å². The molecule has 0 spiro atoms. The molecule has 1 saturated carbocycles. The second kappa shape index (κ2) is 10.8. The third kappa shape index (κ3) is 5.81. The summed E-state index contributed by atoms with van der Waals surface area (Å²) in [5.74, 6) is 0.483. The van der Waals surface area contributed by atoms with E-state index in [0.717, 1.165) is 0 Å². The summed E-state index contributed by atoms with van der Waals surface area (Å²) in [5, 5.41) is 15.2. The number of carbonyl (C=O) groups is 3. The Bertz CT molecular complexity index is 1390. The average Bonchev–Trinajstić information content (AvgIpc) is 3.24. The van der Waals surface area contributed by atoms with Crippen molar-refractivity contribution >= 4 is 33.6 Å². The zero-order chi connectivity index (χ0) is 29.5. The fourth-order valence-corrected chi connectivity index (χ4v) is 6.72. The Balaban J connectivity index is 1.56. The summed E-state index contributed by atoms with van der Waals surface area (Å²) in [6.45, 7) is 10.6. The predicted molar refractivity (Wildman–Crippen MR) is 146 cm³/mol. The lowest BCUT2D eigenvalue weighted by atomic mass is 9.79. The minimum atomic E-state index is -4.05. The topological polar surface area (TPSA) is 162 Å². The fourth-order valence-electron chi connectivity index (χ4n) is 5.97. The highest BCUT2D eigenvalue weighted by Gasteiger charge is 2.69. The number of nitrogens with zero attached hydrogens (tertiary/aromatic N) is 4. The summed E-state index contributed by atoms with van der Waals surface area (Å²) in [7, 11) is -4.05. The van der Waals surface area contributed by atoms with Gasteiger partial charge in [0.05, 0.1) is 12.0 Å². The van der Waals surface area contributed by atoms with E-state index in [0.29, 0.717) is 19.5 Å². The van der Waals surface area contributed by atoms with E-state index in [9.17, 15) is 28.1 Å². The Morgan fingerprint density at radius 2 is 2.10 bits per heavy atom. The molecular weight excluding hydrogens is 532 g/mol. The normalized spacial score (nSPS) is 26.4. The molecule has 11 nitrogen and oxygen atoms in total. The first-order valence-electron chi connectivity index (χ1n) is 13.4. The maximum atomic E-state index is 13.9. The molecule has 3 fully saturated rings. The van der Waals surface area contributed by atoms with Crippen LogP contribution in [-0.4, -0.2) is 67.1 Å². The van der Waals surface area contributed by atoms with Crippen molar-refractivity contribution in [1.29, 1.82) is 5.26 Å². The van der Waals surface area contributed by atoms with E-state index >= 15 is 0 Å². The van der Waals surface area contributed by atoms with Gasteiger partial charge in [0.2, 0.25) is 17.7 Å². The Kier molecular flexibility index (Phi) is 7.94. The summed E-state index contributed by atoms with van der Waals surface area (Å²) >= 11 is 0. The SMILES string of the molecule is CC(C)(C)C(C=C=NS(=O)(=O)c1cccnc1)C(=O)N1C[C@H]2C([C@H]1C(=O)N[C@H](C#N)C[C@@H]1CCNC1=O)C2(C)C. The summed E-state index contributed by atoms with van der Waals surface area (Å²) in [6, 6.07) is 3.31. The molecule has 1 aromatic rings. The van der Waals surface area contributed by atoms with Gasteiger partial charge >= 0.3 is 0 Å². The molecule has 4 rings (SSSR count). The molecule has 6 atom stereocenters. The summed E-state index contributed by atoms with van der Waals surface area (Å²) in [4.78, 5) is 44.8. The van der Waals surface area contributed by atoms with Crippen molar-refractivity contribution in [1.82, 2.24) is 20.5 Å². The van der Waals surface area contributed by atoms with Gasteiger partial charge in [-0.1, -0.05) is 34.6 Å². The maximum absolute atomic E-state index is 13.9. The van der Waals surface area contributed by atoms with Crippen molar-refractivity contribution in [3.8, 4) is 6.07 Å². The fraction of sp³-hybridized carbons (Fsp3) is 0.607. The number of likely N-dealkylation sites (tertiary alicyclic amines) is 1. The molecule has 1 aliphatic carbocycles. The highest BCUT2D eigenvalue weighted by Crippen LogP contribution is 2.65. The number of nitrogens with one attached hydrogen (secondary N) is 2. The van der Waals surface area contributed by atoms with E-state index in [1.54, 1.807) is 4.90 Å². The lowest BCUT2D eigenvalue weighted by molar-refractivity contribution is -0.144. The van der Waals surface area contributed by atoms with Crippen LogP contribution in [0.1, 0.15) is 47.5 Å². The molecule has 12 heteroatoms. The molecule has 0 radical (unpaired) electrons. The predicted octanol–water partition coefficient (Wildman–Crippen LogP) is 1.68. The molecule has 2 N–H and O–H groups in total. The molecule has 1 aromatic heterocycles. The van der Waals surface area contributed by atoms with Crippen LogP contribution in [0.2, 0.25) is 0 Å². The molecule has 3 aliphatic rings. The molecule has 2 saturated heterocycles. The summed E-state index contributed by atoms with van der Waals surface area (Å²) < 4.78 is 28.7. The summed E-state index contributed by atoms with van der Waals surface area (Å²) in [5.41, 5.74) is -0.773. The van der Waals surface area contributed by atoms with Crippen LogP contribution in [0, 0.1) is 45.8 Å². The van der Waals surface area contributed by atoms with Crippen LogP contribution in [0.25, 0.3) is 0 Å².